The van der Waals surface area contributed by atoms with Crippen LogP contribution < -0.4 is 10.2 Å². The number of carbonyl (C=O) groups excluding carboxylic acids is 1. The number of benzene rings is 1. The number of nitrogens with zero attached hydrogens (tertiary/aromatic N) is 2. The van der Waals surface area contributed by atoms with Gasteiger partial charge in [-0.25, -0.2) is 4.98 Å². The fraction of sp³-hybridized carbons (Fsp3) is 0.429. The van der Waals surface area contributed by atoms with Gasteiger partial charge < -0.3 is 10.2 Å². The first-order chi connectivity index (χ1) is 12.1. The lowest BCUT2D eigenvalue weighted by atomic mass is 10.2. The average molecular weight is 339 g/mol. The van der Waals surface area contributed by atoms with Gasteiger partial charge in [0.25, 0.3) is 5.91 Å². The second-order valence-electron chi connectivity index (χ2n) is 6.58. The van der Waals surface area contributed by atoms with Gasteiger partial charge >= 0.3 is 0 Å². The Morgan fingerprint density at radius 1 is 1.12 bits per heavy atom. The van der Waals surface area contributed by atoms with E-state index in [4.69, 9.17) is 0 Å². The van der Waals surface area contributed by atoms with E-state index in [-0.39, 0.29) is 5.91 Å². The molecular formula is C21H29N3O. The predicted molar refractivity (Wildman–Crippen MR) is 104 cm³/mol. The summed E-state index contributed by atoms with van der Waals surface area (Å²) >= 11 is 0. The molecule has 4 nitrogen and oxygen atoms in total. The third-order valence-electron chi connectivity index (χ3n) is 4.19. The highest BCUT2D eigenvalue weighted by Crippen LogP contribution is 2.18. The maximum Gasteiger partial charge on any atom is 0.252 e. The van der Waals surface area contributed by atoms with E-state index in [1.807, 2.05) is 30.3 Å². The smallest absolute Gasteiger partial charge is 0.252 e. The van der Waals surface area contributed by atoms with Crippen LogP contribution in [0.15, 0.2) is 48.7 Å². The SMILES string of the molecule is CCCCCNC(=O)c1ccc(N(Cc2ccccc2)C(C)C)nc1. The predicted octanol–water partition coefficient (Wildman–Crippen LogP) is 4.42. The van der Waals surface area contributed by atoms with Gasteiger partial charge in [0.1, 0.15) is 5.82 Å². The van der Waals surface area contributed by atoms with Gasteiger partial charge in [-0.3, -0.25) is 4.79 Å². The molecule has 0 saturated carbocycles. The third kappa shape index (κ3) is 5.89. The van der Waals surface area contributed by atoms with Crippen LogP contribution in [-0.2, 0) is 6.54 Å². The Hall–Kier alpha value is -2.36. The highest BCUT2D eigenvalue weighted by Gasteiger charge is 2.13. The summed E-state index contributed by atoms with van der Waals surface area (Å²) in [6.45, 7) is 7.98. The zero-order valence-electron chi connectivity index (χ0n) is 15.5. The Morgan fingerprint density at radius 3 is 2.48 bits per heavy atom. The molecule has 2 aromatic rings. The van der Waals surface area contributed by atoms with E-state index in [1.54, 1.807) is 6.20 Å². The van der Waals surface area contributed by atoms with E-state index in [0.29, 0.717) is 11.6 Å². The molecule has 1 amide bonds. The van der Waals surface area contributed by atoms with Crippen LogP contribution >= 0.6 is 0 Å². The molecule has 1 heterocycles. The van der Waals surface area contributed by atoms with Gasteiger partial charge in [-0.2, -0.15) is 0 Å². The molecule has 0 saturated heterocycles. The summed E-state index contributed by atoms with van der Waals surface area (Å²) in [6.07, 6.45) is 4.98. The lowest BCUT2D eigenvalue weighted by Crippen LogP contribution is -2.31. The molecule has 4 heteroatoms. The first-order valence-electron chi connectivity index (χ1n) is 9.16. The third-order valence-corrected chi connectivity index (χ3v) is 4.19. The molecule has 0 bridgehead atoms. The van der Waals surface area contributed by atoms with Crippen LogP contribution in [0.3, 0.4) is 0 Å². The Kier molecular flexibility index (Phi) is 7.45. The quantitative estimate of drug-likeness (QED) is 0.688. The number of hydrogen-bond donors (Lipinski definition) is 1. The number of rotatable bonds is 9. The molecule has 0 aliphatic heterocycles. The molecule has 1 aromatic heterocycles. The van der Waals surface area contributed by atoms with Crippen LogP contribution in [0.25, 0.3) is 0 Å². The molecule has 0 aliphatic carbocycles. The van der Waals surface area contributed by atoms with Gasteiger partial charge in [-0.1, -0.05) is 50.1 Å². The van der Waals surface area contributed by atoms with Crippen LogP contribution in [0, 0.1) is 0 Å². The second-order valence-corrected chi connectivity index (χ2v) is 6.58. The highest BCUT2D eigenvalue weighted by atomic mass is 16.1. The van der Waals surface area contributed by atoms with Crippen LogP contribution in [0.4, 0.5) is 5.82 Å². The molecule has 2 rings (SSSR count). The molecule has 0 radical (unpaired) electrons. The molecule has 0 aliphatic rings. The van der Waals surface area contributed by atoms with Gasteiger partial charge in [0.15, 0.2) is 0 Å². The minimum Gasteiger partial charge on any atom is -0.352 e. The molecule has 134 valence electrons. The summed E-state index contributed by atoms with van der Waals surface area (Å²) in [5.41, 5.74) is 1.86. The molecular weight excluding hydrogens is 310 g/mol. The van der Waals surface area contributed by atoms with Crippen LogP contribution in [-0.4, -0.2) is 23.5 Å². The molecule has 1 aromatic carbocycles. The van der Waals surface area contributed by atoms with E-state index in [0.717, 1.165) is 38.2 Å². The summed E-state index contributed by atoms with van der Waals surface area (Å²) in [4.78, 5) is 18.9. The Balaban J connectivity index is 2.01. The molecule has 25 heavy (non-hydrogen) atoms. The number of hydrogen-bond acceptors (Lipinski definition) is 3. The number of nitrogens with one attached hydrogen (secondary N) is 1. The number of aromatic nitrogens is 1. The summed E-state index contributed by atoms with van der Waals surface area (Å²) in [7, 11) is 0. The fourth-order valence-electron chi connectivity index (χ4n) is 2.68. The van der Waals surface area contributed by atoms with Gasteiger partial charge in [-0.05, 0) is 38.0 Å². The zero-order valence-corrected chi connectivity index (χ0v) is 15.5. The Morgan fingerprint density at radius 2 is 1.88 bits per heavy atom. The summed E-state index contributed by atoms with van der Waals surface area (Å²) in [5.74, 6) is 0.843. The van der Waals surface area contributed by atoms with E-state index >= 15 is 0 Å². The Bertz CT molecular complexity index is 638. The first kappa shape index (κ1) is 19.0. The van der Waals surface area contributed by atoms with Crippen molar-refractivity contribution in [2.75, 3.05) is 11.4 Å². The second kappa shape index (κ2) is 9.82. The van der Waals surface area contributed by atoms with Crippen molar-refractivity contribution in [2.45, 2.75) is 52.6 Å². The van der Waals surface area contributed by atoms with Crippen molar-refractivity contribution in [3.63, 3.8) is 0 Å². The standard InChI is InChI=1S/C21H29N3O/c1-4-5-9-14-22-21(25)19-12-13-20(23-15-19)24(17(2)3)16-18-10-7-6-8-11-18/h6-8,10-13,15,17H,4-5,9,14,16H2,1-3H3,(H,22,25). The monoisotopic (exact) mass is 339 g/mol. The molecule has 0 atom stereocenters. The zero-order chi connectivity index (χ0) is 18.1. The van der Waals surface area contributed by atoms with Gasteiger partial charge in [0.2, 0.25) is 0 Å². The number of amides is 1. The summed E-state index contributed by atoms with van der Waals surface area (Å²) in [5, 5.41) is 2.95. The minimum atomic E-state index is -0.0469. The highest BCUT2D eigenvalue weighted by molar-refractivity contribution is 5.94. The van der Waals surface area contributed by atoms with Crippen LogP contribution in [0.2, 0.25) is 0 Å². The summed E-state index contributed by atoms with van der Waals surface area (Å²) < 4.78 is 0. The maximum atomic E-state index is 12.1. The van der Waals surface area contributed by atoms with E-state index in [9.17, 15) is 4.79 Å². The number of pyridine rings is 1. The van der Waals surface area contributed by atoms with Crippen molar-refractivity contribution < 1.29 is 4.79 Å². The van der Waals surface area contributed by atoms with Crippen molar-refractivity contribution in [1.29, 1.82) is 0 Å². The van der Waals surface area contributed by atoms with Crippen molar-refractivity contribution >= 4 is 11.7 Å². The Labute approximate surface area is 151 Å². The molecule has 0 spiro atoms. The number of unbranched alkanes of at least 4 members (excludes halogenated alkanes) is 2. The van der Waals surface area contributed by atoms with Gasteiger partial charge in [0, 0.05) is 25.3 Å². The largest absolute Gasteiger partial charge is 0.352 e. The van der Waals surface area contributed by atoms with Gasteiger partial charge in [0.05, 0.1) is 5.56 Å². The van der Waals surface area contributed by atoms with E-state index in [2.05, 4.69) is 48.1 Å². The van der Waals surface area contributed by atoms with Crippen molar-refractivity contribution in [1.82, 2.24) is 10.3 Å². The lowest BCUT2D eigenvalue weighted by molar-refractivity contribution is 0.0952. The first-order valence-corrected chi connectivity index (χ1v) is 9.16. The van der Waals surface area contributed by atoms with Crippen molar-refractivity contribution in [3.8, 4) is 0 Å². The van der Waals surface area contributed by atoms with Crippen LogP contribution in [0.5, 0.6) is 0 Å². The van der Waals surface area contributed by atoms with Crippen molar-refractivity contribution in [3.05, 3.63) is 59.8 Å². The molecule has 0 fully saturated rings. The van der Waals surface area contributed by atoms with E-state index < -0.39 is 0 Å². The maximum absolute atomic E-state index is 12.1. The van der Waals surface area contributed by atoms with E-state index in [1.165, 1.54) is 5.56 Å². The van der Waals surface area contributed by atoms with Crippen molar-refractivity contribution in [2.24, 2.45) is 0 Å². The summed E-state index contributed by atoms with van der Waals surface area (Å²) in [6, 6.07) is 14.5. The molecule has 0 unspecified atom stereocenters. The normalized spacial score (nSPS) is 10.7. The lowest BCUT2D eigenvalue weighted by Gasteiger charge is -2.28. The average Bonchev–Trinajstić information content (AvgIpc) is 2.64. The minimum absolute atomic E-state index is 0.0469. The number of anilines is 1. The van der Waals surface area contributed by atoms with Gasteiger partial charge in [-0.15, -0.1) is 0 Å². The molecule has 1 N–H and O–H groups in total. The van der Waals surface area contributed by atoms with Crippen LogP contribution in [0.1, 0.15) is 56.0 Å². The number of carbonyl (C=O) groups is 1. The topological polar surface area (TPSA) is 45.2 Å². The fourth-order valence-corrected chi connectivity index (χ4v) is 2.68.